The number of carbonyl (C=O) groups excluding carboxylic acids is 1. The fourth-order valence-electron chi connectivity index (χ4n) is 4.27. The topological polar surface area (TPSA) is 135 Å². The summed E-state index contributed by atoms with van der Waals surface area (Å²) in [5.74, 6) is 6.58. The maximum atomic E-state index is 13.1. The Morgan fingerprint density at radius 1 is 1.24 bits per heavy atom. The van der Waals surface area contributed by atoms with Crippen LogP contribution in [0.25, 0.3) is 11.0 Å². The van der Waals surface area contributed by atoms with Crippen molar-refractivity contribution in [1.82, 2.24) is 24.8 Å². The van der Waals surface area contributed by atoms with E-state index in [9.17, 15) is 10.1 Å². The van der Waals surface area contributed by atoms with Crippen LogP contribution in [0.4, 0.5) is 16.3 Å². The molecule has 1 fully saturated rings. The molecule has 2 aromatic carbocycles. The number of nitrogens with zero attached hydrogens (tertiary/aromatic N) is 6. The second-order valence-corrected chi connectivity index (χ2v) is 8.53. The normalized spacial score (nSPS) is 14.7. The molecule has 1 saturated heterocycles. The number of carbonyl (C=O) groups is 1. The van der Waals surface area contributed by atoms with Gasteiger partial charge in [-0.3, -0.25) is 4.84 Å². The van der Waals surface area contributed by atoms with Crippen LogP contribution in [0.3, 0.4) is 0 Å². The number of nitrogen functional groups attached to an aromatic ring is 1. The number of rotatable bonds is 3. The highest BCUT2D eigenvalue weighted by Gasteiger charge is 2.32. The summed E-state index contributed by atoms with van der Waals surface area (Å²) in [7, 11) is 0. The molecule has 1 aliphatic rings. The molecule has 0 aliphatic carbocycles. The lowest BCUT2D eigenvalue weighted by molar-refractivity contribution is -0.0829. The Morgan fingerprint density at radius 2 is 2.11 bits per heavy atom. The van der Waals surface area contributed by atoms with Crippen LogP contribution in [-0.4, -0.2) is 37.4 Å². The van der Waals surface area contributed by atoms with Gasteiger partial charge in [-0.25, -0.2) is 19.4 Å². The van der Waals surface area contributed by atoms with E-state index >= 15 is 0 Å². The molecule has 184 valence electrons. The minimum Gasteiger partial charge on any atom is -0.383 e. The molecular weight excluding hydrogens is 468 g/mol. The quantitative estimate of drug-likeness (QED) is 0.414. The number of hydrogen-bond acceptors (Lipinski definition) is 7. The highest BCUT2D eigenvalue weighted by atomic mass is 16.7. The molecule has 2 aromatic heterocycles. The summed E-state index contributed by atoms with van der Waals surface area (Å²) in [5, 5.41) is 18.6. The highest BCUT2D eigenvalue weighted by Crippen LogP contribution is 2.31. The van der Waals surface area contributed by atoms with Gasteiger partial charge in [-0.15, -0.1) is 0 Å². The van der Waals surface area contributed by atoms with Gasteiger partial charge in [0, 0.05) is 24.2 Å². The van der Waals surface area contributed by atoms with Gasteiger partial charge in [0.15, 0.2) is 5.65 Å². The molecule has 0 bridgehead atoms. The number of amides is 2. The number of urea groups is 1. The molecule has 0 spiro atoms. The van der Waals surface area contributed by atoms with Crippen molar-refractivity contribution in [3.63, 3.8) is 0 Å². The van der Waals surface area contributed by atoms with Crippen molar-refractivity contribution in [2.75, 3.05) is 17.7 Å². The van der Waals surface area contributed by atoms with Crippen molar-refractivity contribution in [3.05, 3.63) is 76.7 Å². The molecular formula is C27H24N8O2. The Labute approximate surface area is 213 Å². The Hall–Kier alpha value is -4.93. The van der Waals surface area contributed by atoms with E-state index in [0.29, 0.717) is 53.4 Å². The first-order valence-electron chi connectivity index (χ1n) is 11.8. The first-order chi connectivity index (χ1) is 18.0. The molecule has 37 heavy (non-hydrogen) atoms. The molecule has 0 radical (unpaired) electrons. The lowest BCUT2D eigenvalue weighted by atomic mass is 10.0. The number of hydroxylamine groups is 2. The molecule has 0 saturated carbocycles. The minimum absolute atomic E-state index is 0.285. The van der Waals surface area contributed by atoms with Gasteiger partial charge in [-0.05, 0) is 55.2 Å². The highest BCUT2D eigenvalue weighted by molar-refractivity contribution is 5.91. The Balaban J connectivity index is 1.39. The molecule has 2 amide bonds. The maximum Gasteiger partial charge on any atom is 0.346 e. The Kier molecular flexibility index (Phi) is 6.42. The van der Waals surface area contributed by atoms with Crippen LogP contribution in [-0.2, 0) is 11.4 Å². The summed E-state index contributed by atoms with van der Waals surface area (Å²) < 4.78 is 1.74. The molecule has 3 N–H and O–H groups in total. The zero-order chi connectivity index (χ0) is 25.9. The Bertz CT molecular complexity index is 1610. The Morgan fingerprint density at radius 3 is 2.92 bits per heavy atom. The molecule has 1 aliphatic heterocycles. The third kappa shape index (κ3) is 4.66. The smallest absolute Gasteiger partial charge is 0.346 e. The lowest BCUT2D eigenvalue weighted by Gasteiger charge is -2.23. The second kappa shape index (κ2) is 9.97. The first-order valence-corrected chi connectivity index (χ1v) is 11.8. The average molecular weight is 493 g/mol. The van der Waals surface area contributed by atoms with E-state index in [0.717, 1.165) is 16.7 Å². The van der Waals surface area contributed by atoms with Gasteiger partial charge in [0.25, 0.3) is 0 Å². The van der Waals surface area contributed by atoms with Crippen LogP contribution in [0.15, 0.2) is 48.8 Å². The lowest BCUT2D eigenvalue weighted by Crippen LogP contribution is -2.33. The minimum atomic E-state index is -0.398. The van der Waals surface area contributed by atoms with Gasteiger partial charge in [-0.1, -0.05) is 24.1 Å². The predicted molar refractivity (Wildman–Crippen MR) is 138 cm³/mol. The number of nitriles is 1. The van der Waals surface area contributed by atoms with Crippen molar-refractivity contribution in [2.24, 2.45) is 0 Å². The van der Waals surface area contributed by atoms with E-state index in [2.05, 4.69) is 38.3 Å². The van der Waals surface area contributed by atoms with Crippen LogP contribution in [0.2, 0.25) is 0 Å². The summed E-state index contributed by atoms with van der Waals surface area (Å²) in [5.41, 5.74) is 10.9. The number of hydrogen-bond donors (Lipinski definition) is 2. The number of nitrogens with one attached hydrogen (secondary N) is 1. The zero-order valence-corrected chi connectivity index (χ0v) is 20.4. The number of benzene rings is 2. The van der Waals surface area contributed by atoms with Crippen LogP contribution >= 0.6 is 0 Å². The molecule has 1 atom stereocenters. The summed E-state index contributed by atoms with van der Waals surface area (Å²) in [6.07, 6.45) is 2.05. The number of anilines is 2. The van der Waals surface area contributed by atoms with E-state index in [-0.39, 0.29) is 6.04 Å². The van der Waals surface area contributed by atoms with Crippen molar-refractivity contribution >= 4 is 28.6 Å². The van der Waals surface area contributed by atoms with Gasteiger partial charge in [0.2, 0.25) is 0 Å². The number of nitrogens with two attached hydrogens (primary N) is 1. The van der Waals surface area contributed by atoms with Gasteiger partial charge in [0.1, 0.15) is 17.8 Å². The molecule has 4 aromatic rings. The van der Waals surface area contributed by atoms with Crippen LogP contribution in [0, 0.1) is 30.1 Å². The molecule has 5 rings (SSSR count). The van der Waals surface area contributed by atoms with Gasteiger partial charge in [-0.2, -0.15) is 15.4 Å². The van der Waals surface area contributed by atoms with E-state index < -0.39 is 6.03 Å². The SMILES string of the molecule is CCn1nc(C#Cc2cc(NC(=O)N3OCC[C@@H]3c3cccc(C#N)c3)ccc2C)c2c(N)ncnc21. The van der Waals surface area contributed by atoms with Crippen molar-refractivity contribution in [3.8, 4) is 17.9 Å². The van der Waals surface area contributed by atoms with Gasteiger partial charge >= 0.3 is 6.03 Å². The summed E-state index contributed by atoms with van der Waals surface area (Å²) in [6, 6.07) is 14.2. The third-order valence-corrected chi connectivity index (χ3v) is 6.17. The standard InChI is InChI=1S/C27H24N8O2/c1-3-34-26-24(25(29)30-16-31-26)22(33-34)10-8-19-14-21(9-7-17(19)2)32-27(36)35-23(11-12-37-35)20-6-4-5-18(13-20)15-28/h4-7,9,13-14,16,23H,3,11-12H2,1-2H3,(H,32,36)(H2,29,30,31)/t23-/m1/s1. The number of fused-ring (bicyclic) bond motifs is 1. The van der Waals surface area contributed by atoms with E-state index in [4.69, 9.17) is 10.6 Å². The number of aryl methyl sites for hydroxylation is 2. The van der Waals surface area contributed by atoms with Gasteiger partial charge < -0.3 is 11.1 Å². The fourth-order valence-corrected chi connectivity index (χ4v) is 4.27. The van der Waals surface area contributed by atoms with E-state index in [1.54, 1.807) is 28.9 Å². The zero-order valence-electron chi connectivity index (χ0n) is 20.4. The van der Waals surface area contributed by atoms with Crippen LogP contribution in [0.1, 0.15) is 47.3 Å². The first kappa shape index (κ1) is 23.8. The molecule has 3 heterocycles. The summed E-state index contributed by atoms with van der Waals surface area (Å²) >= 11 is 0. The molecule has 0 unspecified atom stereocenters. The van der Waals surface area contributed by atoms with Crippen molar-refractivity contribution in [1.29, 1.82) is 5.26 Å². The van der Waals surface area contributed by atoms with Crippen LogP contribution < -0.4 is 11.1 Å². The van der Waals surface area contributed by atoms with Crippen LogP contribution in [0.5, 0.6) is 0 Å². The van der Waals surface area contributed by atoms with E-state index in [1.165, 1.54) is 11.4 Å². The van der Waals surface area contributed by atoms with Crippen molar-refractivity contribution < 1.29 is 9.63 Å². The number of aromatic nitrogens is 4. The fraction of sp³-hybridized carbons (Fsp3) is 0.222. The van der Waals surface area contributed by atoms with Crippen molar-refractivity contribution in [2.45, 2.75) is 32.9 Å². The largest absolute Gasteiger partial charge is 0.383 e. The summed E-state index contributed by atoms with van der Waals surface area (Å²) in [6.45, 7) is 4.94. The molecule has 10 heteroatoms. The summed E-state index contributed by atoms with van der Waals surface area (Å²) in [4.78, 5) is 27.1. The third-order valence-electron chi connectivity index (χ3n) is 6.17. The maximum absolute atomic E-state index is 13.1. The molecule has 10 nitrogen and oxygen atoms in total. The average Bonchev–Trinajstić information content (AvgIpc) is 3.55. The predicted octanol–water partition coefficient (Wildman–Crippen LogP) is 3.92. The second-order valence-electron chi connectivity index (χ2n) is 8.53. The van der Waals surface area contributed by atoms with Gasteiger partial charge in [0.05, 0.1) is 29.7 Å². The monoisotopic (exact) mass is 492 g/mol. The van der Waals surface area contributed by atoms with E-state index in [1.807, 2.05) is 32.0 Å².